The molecule has 0 saturated heterocycles. The van der Waals surface area contributed by atoms with Crippen LogP contribution in [0.1, 0.15) is 60.0 Å². The summed E-state index contributed by atoms with van der Waals surface area (Å²) < 4.78 is 0. The van der Waals surface area contributed by atoms with E-state index < -0.39 is 11.9 Å². The van der Waals surface area contributed by atoms with Gasteiger partial charge in [0.2, 0.25) is 11.8 Å². The number of amides is 2. The zero-order chi connectivity index (χ0) is 23.8. The Balaban J connectivity index is 1.89. The molecule has 3 rings (SSSR count). The van der Waals surface area contributed by atoms with E-state index >= 15 is 0 Å². The summed E-state index contributed by atoms with van der Waals surface area (Å²) in [4.78, 5) is 37.7. The van der Waals surface area contributed by atoms with Crippen LogP contribution in [0.3, 0.4) is 0 Å². The summed E-state index contributed by atoms with van der Waals surface area (Å²) in [7, 11) is 0. The number of aromatic carboxylic acids is 1. The summed E-state index contributed by atoms with van der Waals surface area (Å²) >= 11 is 0. The molecule has 0 bridgehead atoms. The van der Waals surface area contributed by atoms with E-state index in [-0.39, 0.29) is 29.0 Å². The maximum atomic E-state index is 13.1. The van der Waals surface area contributed by atoms with Crippen molar-refractivity contribution < 1.29 is 19.5 Å². The van der Waals surface area contributed by atoms with E-state index in [1.807, 2.05) is 74.5 Å². The second-order valence-electron chi connectivity index (χ2n) is 7.79. The molecule has 0 aromatic heterocycles. The summed E-state index contributed by atoms with van der Waals surface area (Å²) in [5.74, 6) is -2.39. The number of carbonyl (C=O) groups is 3. The predicted molar refractivity (Wildman–Crippen MR) is 130 cm³/mol. The van der Waals surface area contributed by atoms with Crippen LogP contribution in [0.4, 0.5) is 11.4 Å². The number of hydrogen-bond donors (Lipinski definition) is 3. The third kappa shape index (κ3) is 5.86. The number of benzene rings is 3. The molecule has 0 spiro atoms. The first-order valence-corrected chi connectivity index (χ1v) is 11.0. The molecule has 0 aliphatic rings. The van der Waals surface area contributed by atoms with Crippen molar-refractivity contribution in [1.82, 2.24) is 0 Å². The van der Waals surface area contributed by atoms with Crippen LogP contribution in [0.5, 0.6) is 0 Å². The maximum absolute atomic E-state index is 13.1. The van der Waals surface area contributed by atoms with Crippen LogP contribution in [-0.4, -0.2) is 22.9 Å². The Morgan fingerprint density at radius 3 is 1.58 bits per heavy atom. The third-order valence-electron chi connectivity index (χ3n) is 5.64. The van der Waals surface area contributed by atoms with Crippen LogP contribution in [0.2, 0.25) is 0 Å². The number of carboxylic acid groups (broad SMARTS) is 1. The highest BCUT2D eigenvalue weighted by atomic mass is 16.4. The normalized spacial score (nSPS) is 12.4. The zero-order valence-corrected chi connectivity index (χ0v) is 18.7. The van der Waals surface area contributed by atoms with Gasteiger partial charge >= 0.3 is 5.97 Å². The molecule has 3 aromatic carbocycles. The van der Waals surface area contributed by atoms with E-state index in [2.05, 4.69) is 10.6 Å². The lowest BCUT2D eigenvalue weighted by molar-refractivity contribution is -0.118. The van der Waals surface area contributed by atoms with Crippen molar-refractivity contribution in [1.29, 1.82) is 0 Å². The fourth-order valence-corrected chi connectivity index (χ4v) is 3.85. The molecule has 2 amide bonds. The van der Waals surface area contributed by atoms with Crippen molar-refractivity contribution in [2.45, 2.75) is 38.5 Å². The monoisotopic (exact) mass is 444 g/mol. The summed E-state index contributed by atoms with van der Waals surface area (Å²) in [5.41, 5.74) is 2.39. The van der Waals surface area contributed by atoms with Crippen molar-refractivity contribution in [2.75, 3.05) is 10.6 Å². The van der Waals surface area contributed by atoms with Gasteiger partial charge < -0.3 is 15.7 Å². The Morgan fingerprint density at radius 1 is 0.697 bits per heavy atom. The van der Waals surface area contributed by atoms with Crippen LogP contribution in [0.15, 0.2) is 78.9 Å². The van der Waals surface area contributed by atoms with Gasteiger partial charge in [0, 0.05) is 0 Å². The first-order valence-electron chi connectivity index (χ1n) is 11.0. The van der Waals surface area contributed by atoms with E-state index in [1.165, 1.54) is 18.2 Å². The van der Waals surface area contributed by atoms with Gasteiger partial charge in [-0.25, -0.2) is 4.79 Å². The van der Waals surface area contributed by atoms with Gasteiger partial charge in [0.05, 0.1) is 28.8 Å². The van der Waals surface area contributed by atoms with Crippen molar-refractivity contribution in [3.63, 3.8) is 0 Å². The number of nitrogens with one attached hydrogen (secondary N) is 2. The molecular weight excluding hydrogens is 416 g/mol. The first kappa shape index (κ1) is 23.7. The highest BCUT2D eigenvalue weighted by Gasteiger charge is 2.23. The topological polar surface area (TPSA) is 95.5 Å². The Kier molecular flexibility index (Phi) is 7.97. The molecule has 6 nitrogen and oxygen atoms in total. The average molecular weight is 445 g/mol. The fourth-order valence-electron chi connectivity index (χ4n) is 3.85. The lowest BCUT2D eigenvalue weighted by Gasteiger charge is -2.20. The summed E-state index contributed by atoms with van der Waals surface area (Å²) in [5, 5.41) is 15.1. The van der Waals surface area contributed by atoms with Gasteiger partial charge in [-0.1, -0.05) is 74.5 Å². The van der Waals surface area contributed by atoms with Gasteiger partial charge in [0.15, 0.2) is 0 Å². The third-order valence-corrected chi connectivity index (χ3v) is 5.64. The number of rotatable bonds is 9. The van der Waals surface area contributed by atoms with Crippen LogP contribution in [-0.2, 0) is 9.59 Å². The molecule has 2 atom stereocenters. The van der Waals surface area contributed by atoms with Crippen molar-refractivity contribution >= 4 is 29.2 Å². The minimum atomic E-state index is -1.12. The van der Waals surface area contributed by atoms with Gasteiger partial charge in [0.1, 0.15) is 0 Å². The quantitative estimate of drug-likeness (QED) is 0.397. The smallest absolute Gasteiger partial charge is 0.335 e. The maximum Gasteiger partial charge on any atom is 0.335 e. The molecule has 0 heterocycles. The number of hydrogen-bond acceptors (Lipinski definition) is 3. The lowest BCUT2D eigenvalue weighted by Crippen LogP contribution is -2.24. The average Bonchev–Trinajstić information content (AvgIpc) is 2.82. The van der Waals surface area contributed by atoms with Gasteiger partial charge in [-0.05, 0) is 42.2 Å². The molecule has 0 saturated carbocycles. The molecule has 6 heteroatoms. The molecule has 170 valence electrons. The van der Waals surface area contributed by atoms with Gasteiger partial charge in [-0.3, -0.25) is 9.59 Å². The van der Waals surface area contributed by atoms with Crippen molar-refractivity contribution in [3.05, 3.63) is 95.6 Å². The molecule has 0 unspecified atom stereocenters. The van der Waals surface area contributed by atoms with Crippen molar-refractivity contribution in [3.8, 4) is 0 Å². The minimum absolute atomic E-state index is 0.0196. The van der Waals surface area contributed by atoms with Gasteiger partial charge in [-0.2, -0.15) is 0 Å². The molecule has 3 N–H and O–H groups in total. The molecule has 0 radical (unpaired) electrons. The Hall–Kier alpha value is -3.93. The van der Waals surface area contributed by atoms with E-state index in [1.54, 1.807) is 0 Å². The largest absolute Gasteiger partial charge is 0.478 e. The highest BCUT2D eigenvalue weighted by molar-refractivity contribution is 6.04. The summed E-state index contributed by atoms with van der Waals surface area (Å²) in [6.45, 7) is 3.85. The number of carbonyl (C=O) groups excluding carboxylic acids is 2. The highest BCUT2D eigenvalue weighted by Crippen LogP contribution is 2.29. The van der Waals surface area contributed by atoms with Crippen LogP contribution in [0, 0.1) is 0 Å². The molecular formula is C27H28N2O4. The Bertz CT molecular complexity index is 1110. The molecule has 33 heavy (non-hydrogen) atoms. The predicted octanol–water partition coefficient (Wildman–Crippen LogP) is 5.65. The first-order chi connectivity index (χ1) is 15.9. The van der Waals surface area contributed by atoms with Gasteiger partial charge in [0.25, 0.3) is 0 Å². The van der Waals surface area contributed by atoms with Gasteiger partial charge in [-0.15, -0.1) is 0 Å². The van der Waals surface area contributed by atoms with E-state index in [0.717, 1.165) is 11.1 Å². The second-order valence-corrected chi connectivity index (χ2v) is 7.79. The second kappa shape index (κ2) is 11.1. The molecule has 0 fully saturated rings. The van der Waals surface area contributed by atoms with E-state index in [0.29, 0.717) is 18.5 Å². The summed E-state index contributed by atoms with van der Waals surface area (Å²) in [6, 6.07) is 23.1. The standard InChI is InChI=1S/C27H28N2O4/c1-3-21(18-11-7-5-8-12-18)25(30)28-23-16-15-20(27(32)33)17-24(23)29-26(31)22(4-2)19-13-9-6-10-14-19/h5-17,21-22H,3-4H2,1-2H3,(H,28,30)(H,29,31)(H,32,33)/t21-,22-/m0/s1. The number of anilines is 2. The molecule has 0 aliphatic heterocycles. The van der Waals surface area contributed by atoms with Crippen molar-refractivity contribution in [2.24, 2.45) is 0 Å². The van der Waals surface area contributed by atoms with Crippen LogP contribution in [0.25, 0.3) is 0 Å². The fraction of sp³-hybridized carbons (Fsp3) is 0.222. The SMILES string of the molecule is CC[C@H](C(=O)Nc1ccc(C(=O)O)cc1NC(=O)[C@@H](CC)c1ccccc1)c1ccccc1. The summed E-state index contributed by atoms with van der Waals surface area (Å²) in [6.07, 6.45) is 1.17. The number of carboxylic acids is 1. The van der Waals surface area contributed by atoms with E-state index in [9.17, 15) is 19.5 Å². The van der Waals surface area contributed by atoms with Crippen LogP contribution < -0.4 is 10.6 Å². The molecule has 3 aromatic rings. The molecule has 0 aliphatic carbocycles. The zero-order valence-electron chi connectivity index (χ0n) is 18.7. The van der Waals surface area contributed by atoms with Crippen LogP contribution >= 0.6 is 0 Å². The van der Waals surface area contributed by atoms with E-state index in [4.69, 9.17) is 0 Å². The Morgan fingerprint density at radius 2 is 1.15 bits per heavy atom. The minimum Gasteiger partial charge on any atom is -0.478 e. The lowest BCUT2D eigenvalue weighted by atomic mass is 9.95. The Labute approximate surface area is 193 Å².